The van der Waals surface area contributed by atoms with E-state index in [0.717, 1.165) is 26.4 Å². The summed E-state index contributed by atoms with van der Waals surface area (Å²) in [6, 6.07) is 0.596. The molecule has 3 heteroatoms. The maximum Gasteiger partial charge on any atom is 0.0732 e. The molecule has 0 aromatic heterocycles. The van der Waals surface area contributed by atoms with Crippen molar-refractivity contribution in [3.8, 4) is 0 Å². The van der Waals surface area contributed by atoms with Crippen LogP contribution in [0.2, 0.25) is 0 Å². The third-order valence-corrected chi connectivity index (χ3v) is 3.00. The Hall–Kier alpha value is -0.120. The normalized spacial score (nSPS) is 39.0. The highest BCUT2D eigenvalue weighted by Crippen LogP contribution is 2.29. The average molecular weight is 185 g/mol. The van der Waals surface area contributed by atoms with Crippen molar-refractivity contribution in [3.05, 3.63) is 0 Å². The summed E-state index contributed by atoms with van der Waals surface area (Å²) >= 11 is 0. The van der Waals surface area contributed by atoms with Gasteiger partial charge in [0.15, 0.2) is 0 Å². The van der Waals surface area contributed by atoms with E-state index in [9.17, 15) is 0 Å². The Morgan fingerprint density at radius 3 is 3.15 bits per heavy atom. The monoisotopic (exact) mass is 185 g/mol. The molecule has 3 unspecified atom stereocenters. The minimum atomic E-state index is 0.458. The third-order valence-electron chi connectivity index (χ3n) is 3.00. The molecule has 3 nitrogen and oxygen atoms in total. The van der Waals surface area contributed by atoms with Gasteiger partial charge in [0.25, 0.3) is 0 Å². The van der Waals surface area contributed by atoms with Gasteiger partial charge in [0.2, 0.25) is 0 Å². The lowest BCUT2D eigenvalue weighted by molar-refractivity contribution is 0.00850. The maximum atomic E-state index is 5.69. The highest BCUT2D eigenvalue weighted by Gasteiger charge is 2.36. The number of rotatable bonds is 3. The van der Waals surface area contributed by atoms with Gasteiger partial charge in [-0.2, -0.15) is 0 Å². The SMILES string of the molecule is CCOCC1CC2NCCOC2C1. The number of fused-ring (bicyclic) bond motifs is 1. The Bertz CT molecular complexity index is 149. The van der Waals surface area contributed by atoms with Gasteiger partial charge in [-0.05, 0) is 25.7 Å². The molecule has 0 radical (unpaired) electrons. The van der Waals surface area contributed by atoms with Crippen molar-refractivity contribution in [3.63, 3.8) is 0 Å². The molecule has 1 heterocycles. The largest absolute Gasteiger partial charge is 0.381 e. The molecule has 1 saturated heterocycles. The van der Waals surface area contributed by atoms with E-state index < -0.39 is 0 Å². The molecule has 76 valence electrons. The lowest BCUT2D eigenvalue weighted by Crippen LogP contribution is -2.44. The molecular formula is C10H19NO2. The molecule has 1 aliphatic heterocycles. The van der Waals surface area contributed by atoms with Gasteiger partial charge in [0.05, 0.1) is 12.7 Å². The zero-order chi connectivity index (χ0) is 9.10. The number of hydrogen-bond acceptors (Lipinski definition) is 3. The standard InChI is InChI=1S/C10H19NO2/c1-2-12-7-8-5-9-10(6-8)13-4-3-11-9/h8-11H,2-7H2,1H3. The van der Waals surface area contributed by atoms with Crippen LogP contribution in [0.25, 0.3) is 0 Å². The highest BCUT2D eigenvalue weighted by molar-refractivity contribution is 4.91. The molecule has 2 rings (SSSR count). The second-order valence-corrected chi connectivity index (χ2v) is 3.97. The Balaban J connectivity index is 1.77. The molecule has 0 amide bonds. The van der Waals surface area contributed by atoms with E-state index in [0.29, 0.717) is 18.1 Å². The van der Waals surface area contributed by atoms with Crippen molar-refractivity contribution >= 4 is 0 Å². The van der Waals surface area contributed by atoms with Crippen LogP contribution in [0.3, 0.4) is 0 Å². The first kappa shape index (κ1) is 9.44. The molecule has 3 atom stereocenters. The van der Waals surface area contributed by atoms with Crippen molar-refractivity contribution < 1.29 is 9.47 Å². The van der Waals surface area contributed by atoms with Crippen LogP contribution >= 0.6 is 0 Å². The van der Waals surface area contributed by atoms with Gasteiger partial charge in [0, 0.05) is 25.8 Å². The summed E-state index contributed by atoms with van der Waals surface area (Å²) in [5.74, 6) is 0.709. The van der Waals surface area contributed by atoms with E-state index in [1.165, 1.54) is 12.8 Å². The van der Waals surface area contributed by atoms with E-state index in [1.807, 2.05) is 0 Å². The number of morpholine rings is 1. The van der Waals surface area contributed by atoms with Gasteiger partial charge in [0.1, 0.15) is 0 Å². The predicted molar refractivity (Wildman–Crippen MR) is 50.7 cm³/mol. The summed E-state index contributed by atoms with van der Waals surface area (Å²) in [6.07, 6.45) is 2.86. The topological polar surface area (TPSA) is 30.5 Å². The van der Waals surface area contributed by atoms with Gasteiger partial charge < -0.3 is 14.8 Å². The van der Waals surface area contributed by atoms with Crippen molar-refractivity contribution in [1.82, 2.24) is 5.32 Å². The summed E-state index contributed by atoms with van der Waals surface area (Å²) < 4.78 is 11.1. The summed E-state index contributed by atoms with van der Waals surface area (Å²) in [5, 5.41) is 3.51. The first-order valence-corrected chi connectivity index (χ1v) is 5.33. The lowest BCUT2D eigenvalue weighted by Gasteiger charge is -2.26. The summed E-state index contributed by atoms with van der Waals surface area (Å²) in [7, 11) is 0. The molecule has 1 N–H and O–H groups in total. The van der Waals surface area contributed by atoms with Crippen LogP contribution in [0.5, 0.6) is 0 Å². The molecule has 13 heavy (non-hydrogen) atoms. The first-order valence-electron chi connectivity index (χ1n) is 5.33. The average Bonchev–Trinajstić information content (AvgIpc) is 2.57. The van der Waals surface area contributed by atoms with E-state index >= 15 is 0 Å². The smallest absolute Gasteiger partial charge is 0.0732 e. The van der Waals surface area contributed by atoms with Crippen molar-refractivity contribution in [2.24, 2.45) is 5.92 Å². The van der Waals surface area contributed by atoms with Crippen LogP contribution in [0.1, 0.15) is 19.8 Å². The predicted octanol–water partition coefficient (Wildman–Crippen LogP) is 0.790. The third kappa shape index (κ3) is 2.22. The van der Waals surface area contributed by atoms with Gasteiger partial charge in [-0.1, -0.05) is 0 Å². The van der Waals surface area contributed by atoms with Gasteiger partial charge >= 0.3 is 0 Å². The molecule has 1 saturated carbocycles. The quantitative estimate of drug-likeness (QED) is 0.705. The fraction of sp³-hybridized carbons (Fsp3) is 1.00. The number of ether oxygens (including phenoxy) is 2. The van der Waals surface area contributed by atoms with E-state index in [2.05, 4.69) is 12.2 Å². The summed E-state index contributed by atoms with van der Waals surface area (Å²) in [5.41, 5.74) is 0. The van der Waals surface area contributed by atoms with Crippen molar-refractivity contribution in [2.45, 2.75) is 31.9 Å². The number of nitrogens with one attached hydrogen (secondary N) is 1. The molecule has 2 fully saturated rings. The second kappa shape index (κ2) is 4.40. The van der Waals surface area contributed by atoms with Crippen LogP contribution in [0.15, 0.2) is 0 Å². The molecule has 1 aliphatic carbocycles. The highest BCUT2D eigenvalue weighted by atomic mass is 16.5. The van der Waals surface area contributed by atoms with E-state index in [4.69, 9.17) is 9.47 Å². The molecule has 0 aromatic rings. The molecule has 0 bridgehead atoms. The van der Waals surface area contributed by atoms with Crippen LogP contribution in [-0.2, 0) is 9.47 Å². The van der Waals surface area contributed by atoms with E-state index in [1.54, 1.807) is 0 Å². The minimum Gasteiger partial charge on any atom is -0.381 e. The van der Waals surface area contributed by atoms with E-state index in [-0.39, 0.29) is 0 Å². The molecule has 0 aromatic carbocycles. The fourth-order valence-electron chi connectivity index (χ4n) is 2.37. The van der Waals surface area contributed by atoms with Crippen molar-refractivity contribution in [1.29, 1.82) is 0 Å². The second-order valence-electron chi connectivity index (χ2n) is 3.97. The Labute approximate surface area is 79.8 Å². The van der Waals surface area contributed by atoms with Crippen LogP contribution in [-0.4, -0.2) is 38.5 Å². The van der Waals surface area contributed by atoms with Crippen molar-refractivity contribution in [2.75, 3.05) is 26.4 Å². The number of hydrogen-bond donors (Lipinski definition) is 1. The molecular weight excluding hydrogens is 166 g/mol. The molecule has 0 spiro atoms. The fourth-order valence-corrected chi connectivity index (χ4v) is 2.37. The lowest BCUT2D eigenvalue weighted by atomic mass is 10.1. The Morgan fingerprint density at radius 2 is 2.38 bits per heavy atom. The summed E-state index contributed by atoms with van der Waals surface area (Å²) in [4.78, 5) is 0. The zero-order valence-electron chi connectivity index (χ0n) is 8.29. The Morgan fingerprint density at radius 1 is 1.46 bits per heavy atom. The molecule has 2 aliphatic rings. The van der Waals surface area contributed by atoms with Gasteiger partial charge in [-0.3, -0.25) is 0 Å². The minimum absolute atomic E-state index is 0.458. The van der Waals surface area contributed by atoms with Crippen LogP contribution in [0.4, 0.5) is 0 Å². The van der Waals surface area contributed by atoms with Crippen LogP contribution < -0.4 is 5.32 Å². The zero-order valence-corrected chi connectivity index (χ0v) is 8.29. The first-order chi connectivity index (χ1) is 6.40. The van der Waals surface area contributed by atoms with Gasteiger partial charge in [-0.15, -0.1) is 0 Å². The van der Waals surface area contributed by atoms with Crippen LogP contribution in [0, 0.1) is 5.92 Å². The summed E-state index contributed by atoms with van der Waals surface area (Å²) in [6.45, 7) is 5.69. The Kier molecular flexibility index (Phi) is 3.19. The maximum absolute atomic E-state index is 5.69. The van der Waals surface area contributed by atoms with Gasteiger partial charge in [-0.25, -0.2) is 0 Å².